The number of carbonyl (C=O) groups excluding carboxylic acids is 1. The van der Waals surface area contributed by atoms with Crippen LogP contribution in [0.5, 0.6) is 5.75 Å². The highest BCUT2D eigenvalue weighted by Crippen LogP contribution is 2.37. The molecule has 2 heterocycles. The van der Waals surface area contributed by atoms with Crippen molar-refractivity contribution < 1.29 is 14.6 Å². The summed E-state index contributed by atoms with van der Waals surface area (Å²) in [5.41, 5.74) is 0.371. The van der Waals surface area contributed by atoms with E-state index in [1.807, 2.05) is 0 Å². The van der Waals surface area contributed by atoms with Crippen molar-refractivity contribution in [1.29, 1.82) is 0 Å². The monoisotopic (exact) mass is 216 g/mol. The summed E-state index contributed by atoms with van der Waals surface area (Å²) < 4.78 is 8.84. The maximum Gasteiger partial charge on any atom is 0.352 e. The molecule has 0 fully saturated rings. The van der Waals surface area contributed by atoms with Crippen LogP contribution in [-0.4, -0.2) is 27.8 Å². The first-order chi connectivity index (χ1) is 6.24. The number of hydrogen-bond acceptors (Lipinski definition) is 7. The van der Waals surface area contributed by atoms with Crippen LogP contribution in [0, 0.1) is 0 Å². The van der Waals surface area contributed by atoms with Crippen LogP contribution in [-0.2, 0) is 4.74 Å². The number of rotatable bonds is 1. The van der Waals surface area contributed by atoms with Gasteiger partial charge in [0.2, 0.25) is 0 Å². The smallest absolute Gasteiger partial charge is 0.352 e. The van der Waals surface area contributed by atoms with E-state index in [9.17, 15) is 9.90 Å². The first-order valence-corrected chi connectivity index (χ1v) is 4.85. The first kappa shape index (κ1) is 8.39. The average Bonchev–Trinajstić information content (AvgIpc) is 2.68. The summed E-state index contributed by atoms with van der Waals surface area (Å²) in [5, 5.41) is 13.2. The number of aromatic nitrogens is 2. The third kappa shape index (κ3) is 1.16. The van der Waals surface area contributed by atoms with Crippen LogP contribution in [0.15, 0.2) is 0 Å². The molecule has 13 heavy (non-hydrogen) atoms. The van der Waals surface area contributed by atoms with E-state index in [2.05, 4.69) is 14.3 Å². The second-order valence-electron chi connectivity index (χ2n) is 2.18. The number of fused-ring (bicyclic) bond motifs is 1. The predicted octanol–water partition coefficient (Wildman–Crippen LogP) is 1.24. The minimum atomic E-state index is -0.548. The summed E-state index contributed by atoms with van der Waals surface area (Å²) in [6, 6.07) is 0. The maximum absolute atomic E-state index is 11.1. The third-order valence-electron chi connectivity index (χ3n) is 1.46. The van der Waals surface area contributed by atoms with E-state index < -0.39 is 5.97 Å². The lowest BCUT2D eigenvalue weighted by Gasteiger charge is -1.93. The highest BCUT2D eigenvalue weighted by molar-refractivity contribution is 7.36. The Morgan fingerprint density at radius 2 is 2.38 bits per heavy atom. The molecule has 1 N–H and O–H groups in total. The Labute approximate surface area is 80.7 Å². The quantitative estimate of drug-likeness (QED) is 0.726. The van der Waals surface area contributed by atoms with Crippen molar-refractivity contribution in [2.24, 2.45) is 0 Å². The summed E-state index contributed by atoms with van der Waals surface area (Å²) in [4.78, 5) is 11.3. The minimum absolute atomic E-state index is 0.138. The van der Waals surface area contributed by atoms with E-state index in [-0.39, 0.29) is 10.6 Å². The van der Waals surface area contributed by atoms with Crippen LogP contribution in [0.25, 0.3) is 9.53 Å². The zero-order valence-electron chi connectivity index (χ0n) is 6.47. The molecule has 0 unspecified atom stereocenters. The van der Waals surface area contributed by atoms with Gasteiger partial charge in [-0.15, -0.1) is 16.4 Å². The molecular formula is C6H4N2O3S2. The van der Waals surface area contributed by atoms with E-state index in [4.69, 9.17) is 0 Å². The van der Waals surface area contributed by atoms with Gasteiger partial charge >= 0.3 is 5.97 Å². The van der Waals surface area contributed by atoms with Gasteiger partial charge in [0, 0.05) is 0 Å². The molecule has 7 heteroatoms. The number of thiophene rings is 1. The molecule has 0 aliphatic rings. The second-order valence-corrected chi connectivity index (χ2v) is 4.21. The van der Waals surface area contributed by atoms with E-state index in [0.29, 0.717) is 5.52 Å². The summed E-state index contributed by atoms with van der Waals surface area (Å²) >= 11 is 2.27. The topological polar surface area (TPSA) is 72.3 Å². The molecular weight excluding hydrogens is 212 g/mol. The molecule has 5 nitrogen and oxygen atoms in total. The van der Waals surface area contributed by atoms with Crippen LogP contribution in [0.2, 0.25) is 0 Å². The van der Waals surface area contributed by atoms with Crippen LogP contribution in [0.4, 0.5) is 0 Å². The van der Waals surface area contributed by atoms with Gasteiger partial charge < -0.3 is 9.84 Å². The summed E-state index contributed by atoms with van der Waals surface area (Å²) in [6.07, 6.45) is 0. The zero-order chi connectivity index (χ0) is 9.42. The van der Waals surface area contributed by atoms with Gasteiger partial charge in [0.25, 0.3) is 0 Å². The molecule has 0 spiro atoms. The van der Waals surface area contributed by atoms with Crippen LogP contribution in [0.1, 0.15) is 9.67 Å². The van der Waals surface area contributed by atoms with Gasteiger partial charge in [0.1, 0.15) is 4.01 Å². The van der Waals surface area contributed by atoms with Crippen molar-refractivity contribution >= 4 is 38.4 Å². The van der Waals surface area contributed by atoms with Gasteiger partial charge in [0.15, 0.2) is 16.1 Å². The van der Waals surface area contributed by atoms with Crippen LogP contribution < -0.4 is 0 Å². The fraction of sp³-hybridized carbons (Fsp3) is 0.167. The average molecular weight is 216 g/mol. The zero-order valence-corrected chi connectivity index (χ0v) is 8.11. The number of carbonyl (C=O) groups is 1. The van der Waals surface area contributed by atoms with E-state index in [1.54, 1.807) is 0 Å². The molecule has 0 radical (unpaired) electrons. The molecule has 0 amide bonds. The highest BCUT2D eigenvalue weighted by atomic mass is 32.2. The molecule has 0 saturated heterocycles. The number of methoxy groups -OCH3 is 1. The molecule has 2 aromatic rings. The van der Waals surface area contributed by atoms with Crippen LogP contribution in [0.3, 0.4) is 0 Å². The Hall–Kier alpha value is -1.21. The number of hydrogen-bond donors (Lipinski definition) is 1. The maximum atomic E-state index is 11.1. The Morgan fingerprint density at radius 1 is 1.62 bits per heavy atom. The fourth-order valence-electron chi connectivity index (χ4n) is 0.873. The van der Waals surface area contributed by atoms with Crippen molar-refractivity contribution in [2.75, 3.05) is 7.11 Å². The van der Waals surface area contributed by atoms with Crippen molar-refractivity contribution in [1.82, 2.24) is 9.59 Å². The standard InChI is InChI=1S/C6H4N2O3S2/c1-11-5(10)4-3(9)2-6(12-4)13-8-7-2/h9H,1H3. The van der Waals surface area contributed by atoms with Crippen molar-refractivity contribution in [2.45, 2.75) is 0 Å². The highest BCUT2D eigenvalue weighted by Gasteiger charge is 2.20. The Balaban J connectivity index is 2.64. The number of aromatic hydroxyl groups is 1. The molecule has 0 aliphatic heterocycles. The van der Waals surface area contributed by atoms with Gasteiger partial charge in [-0.25, -0.2) is 4.79 Å². The molecule has 0 aliphatic carbocycles. The lowest BCUT2D eigenvalue weighted by molar-refractivity contribution is 0.0603. The molecule has 2 rings (SSSR count). The first-order valence-electron chi connectivity index (χ1n) is 3.26. The van der Waals surface area contributed by atoms with E-state index in [0.717, 1.165) is 26.9 Å². The fourth-order valence-corrected chi connectivity index (χ4v) is 2.57. The number of esters is 1. The number of ether oxygens (including phenoxy) is 1. The SMILES string of the molecule is COC(=O)c1sc2snnc2c1O. The van der Waals surface area contributed by atoms with Gasteiger partial charge in [-0.1, -0.05) is 4.49 Å². The molecule has 0 bridgehead atoms. The van der Waals surface area contributed by atoms with Gasteiger partial charge in [-0.05, 0) is 11.5 Å². The van der Waals surface area contributed by atoms with Crippen LogP contribution >= 0.6 is 22.9 Å². The predicted molar refractivity (Wildman–Crippen MR) is 48.3 cm³/mol. The normalized spacial score (nSPS) is 10.5. The largest absolute Gasteiger partial charge is 0.504 e. The Kier molecular flexibility index (Phi) is 1.89. The molecule has 0 atom stereocenters. The van der Waals surface area contributed by atoms with E-state index >= 15 is 0 Å². The summed E-state index contributed by atoms with van der Waals surface area (Å²) in [7, 11) is 1.27. The molecule has 0 aromatic carbocycles. The molecule has 0 saturated carbocycles. The van der Waals surface area contributed by atoms with Crippen molar-refractivity contribution in [3.05, 3.63) is 4.88 Å². The minimum Gasteiger partial charge on any atom is -0.504 e. The summed E-state index contributed by atoms with van der Waals surface area (Å²) in [6.45, 7) is 0. The third-order valence-corrected chi connectivity index (χ3v) is 3.40. The summed E-state index contributed by atoms with van der Waals surface area (Å²) in [5.74, 6) is -0.687. The van der Waals surface area contributed by atoms with Crippen molar-refractivity contribution in [3.63, 3.8) is 0 Å². The lowest BCUT2D eigenvalue weighted by Crippen LogP contribution is -1.97. The van der Waals surface area contributed by atoms with Crippen molar-refractivity contribution in [3.8, 4) is 5.75 Å². The molecule has 68 valence electrons. The Bertz CT molecular complexity index is 461. The molecule has 2 aromatic heterocycles. The van der Waals surface area contributed by atoms with Gasteiger partial charge in [-0.2, -0.15) is 0 Å². The van der Waals surface area contributed by atoms with Gasteiger partial charge in [-0.3, -0.25) is 0 Å². The lowest BCUT2D eigenvalue weighted by atomic mass is 10.4. The second kappa shape index (κ2) is 2.93. The Morgan fingerprint density at radius 3 is 3.00 bits per heavy atom. The van der Waals surface area contributed by atoms with E-state index in [1.165, 1.54) is 7.11 Å². The number of nitrogens with zero attached hydrogens (tertiary/aromatic N) is 2. The van der Waals surface area contributed by atoms with Gasteiger partial charge in [0.05, 0.1) is 7.11 Å².